The number of ether oxygens (including phenoxy) is 3. The zero-order valence-corrected chi connectivity index (χ0v) is 21.2. The van der Waals surface area contributed by atoms with Gasteiger partial charge in [-0.2, -0.15) is 0 Å². The largest absolute Gasteiger partial charge is 0.494 e. The molecule has 2 aromatic carbocycles. The Morgan fingerprint density at radius 1 is 0.944 bits per heavy atom. The molecule has 4 rings (SSSR count). The highest BCUT2D eigenvalue weighted by molar-refractivity contribution is 6.23. The van der Waals surface area contributed by atoms with Crippen molar-refractivity contribution >= 4 is 23.4 Å². The van der Waals surface area contributed by atoms with Crippen LogP contribution in [0.25, 0.3) is 0 Å². The molecule has 3 amide bonds. The molecule has 0 N–H and O–H groups in total. The number of carbonyl (C=O) groups excluding carboxylic acids is 3. The minimum atomic E-state index is -0.854. The maximum Gasteiger partial charge on any atom is 0.257 e. The standard InChI is InChI=1S/C28H34N2O6/c1-4-36-22-14-12-21(13-15-22)30-26(31)18-23(28(30)33)29(20-9-7-5-6-8-10-20)27(32)19-11-16-24(34-2)25(17-19)35-3/h11-17,20,23H,4-10,18H2,1-3H3. The third kappa shape index (κ3) is 5.17. The van der Waals surface area contributed by atoms with Crippen molar-refractivity contribution in [2.75, 3.05) is 25.7 Å². The highest BCUT2D eigenvalue weighted by atomic mass is 16.5. The SMILES string of the molecule is CCOc1ccc(N2C(=O)CC(N(C(=O)c3ccc(OC)c(OC)c3)C3CCCCCC3)C2=O)cc1. The van der Waals surface area contributed by atoms with Crippen LogP contribution in [0.4, 0.5) is 5.69 Å². The quantitative estimate of drug-likeness (QED) is 0.394. The van der Waals surface area contributed by atoms with E-state index in [9.17, 15) is 14.4 Å². The van der Waals surface area contributed by atoms with Gasteiger partial charge in [0.25, 0.3) is 11.8 Å². The summed E-state index contributed by atoms with van der Waals surface area (Å²) in [6, 6.07) is 10.9. The van der Waals surface area contributed by atoms with Crippen molar-refractivity contribution in [2.45, 2.75) is 64.0 Å². The Kier molecular flexibility index (Phi) is 8.13. The van der Waals surface area contributed by atoms with Crippen LogP contribution in [0.5, 0.6) is 17.2 Å². The van der Waals surface area contributed by atoms with E-state index in [0.29, 0.717) is 35.1 Å². The number of imide groups is 1. The van der Waals surface area contributed by atoms with Crippen LogP contribution in [0, 0.1) is 0 Å². The molecule has 192 valence electrons. The second kappa shape index (κ2) is 11.5. The van der Waals surface area contributed by atoms with Crippen LogP contribution < -0.4 is 19.1 Å². The maximum atomic E-state index is 14.0. The lowest BCUT2D eigenvalue weighted by molar-refractivity contribution is -0.123. The molecular formula is C28H34N2O6. The molecule has 1 saturated heterocycles. The summed E-state index contributed by atoms with van der Waals surface area (Å²) in [6.45, 7) is 2.42. The van der Waals surface area contributed by atoms with Crippen LogP contribution in [-0.2, 0) is 9.59 Å². The first kappa shape index (κ1) is 25.5. The Morgan fingerprint density at radius 3 is 2.22 bits per heavy atom. The van der Waals surface area contributed by atoms with Crippen molar-refractivity contribution < 1.29 is 28.6 Å². The number of hydrogen-bond acceptors (Lipinski definition) is 6. The number of methoxy groups -OCH3 is 2. The zero-order valence-electron chi connectivity index (χ0n) is 21.2. The number of hydrogen-bond donors (Lipinski definition) is 0. The first-order chi connectivity index (χ1) is 17.5. The Balaban J connectivity index is 1.67. The van der Waals surface area contributed by atoms with Gasteiger partial charge in [0, 0.05) is 11.6 Å². The summed E-state index contributed by atoms with van der Waals surface area (Å²) in [5, 5.41) is 0. The van der Waals surface area contributed by atoms with Gasteiger partial charge in [-0.05, 0) is 62.2 Å². The molecule has 8 nitrogen and oxygen atoms in total. The second-order valence-corrected chi connectivity index (χ2v) is 9.14. The second-order valence-electron chi connectivity index (χ2n) is 9.14. The highest BCUT2D eigenvalue weighted by Crippen LogP contribution is 2.34. The Hall–Kier alpha value is -3.55. The highest BCUT2D eigenvalue weighted by Gasteiger charge is 2.46. The number of amides is 3. The smallest absolute Gasteiger partial charge is 0.257 e. The Bertz CT molecular complexity index is 1090. The molecular weight excluding hydrogens is 460 g/mol. The molecule has 36 heavy (non-hydrogen) atoms. The summed E-state index contributed by atoms with van der Waals surface area (Å²) < 4.78 is 16.2. The van der Waals surface area contributed by atoms with Crippen LogP contribution in [0.2, 0.25) is 0 Å². The topological polar surface area (TPSA) is 85.4 Å². The molecule has 2 aromatic rings. The van der Waals surface area contributed by atoms with Gasteiger partial charge in [-0.25, -0.2) is 4.90 Å². The minimum absolute atomic E-state index is 0.0401. The van der Waals surface area contributed by atoms with Crippen LogP contribution in [0.3, 0.4) is 0 Å². The van der Waals surface area contributed by atoms with Gasteiger partial charge in [0.2, 0.25) is 5.91 Å². The fourth-order valence-electron chi connectivity index (χ4n) is 5.18. The van der Waals surface area contributed by atoms with Crippen LogP contribution in [0.1, 0.15) is 62.2 Å². The average Bonchev–Trinajstić information content (AvgIpc) is 3.05. The fourth-order valence-corrected chi connectivity index (χ4v) is 5.18. The molecule has 0 radical (unpaired) electrons. The van der Waals surface area contributed by atoms with Gasteiger partial charge in [-0.3, -0.25) is 14.4 Å². The normalized spacial score (nSPS) is 18.6. The number of carbonyl (C=O) groups is 3. The van der Waals surface area contributed by atoms with E-state index in [1.54, 1.807) is 47.4 Å². The molecule has 1 aliphatic heterocycles. The number of nitrogens with zero attached hydrogens (tertiary/aromatic N) is 2. The van der Waals surface area contributed by atoms with Crippen molar-refractivity contribution in [1.82, 2.24) is 4.90 Å². The average molecular weight is 495 g/mol. The van der Waals surface area contributed by atoms with Crippen LogP contribution in [0.15, 0.2) is 42.5 Å². The Labute approximate surface area is 212 Å². The minimum Gasteiger partial charge on any atom is -0.494 e. The monoisotopic (exact) mass is 494 g/mol. The predicted octanol–water partition coefficient (Wildman–Crippen LogP) is 4.60. The van der Waals surface area contributed by atoms with E-state index in [2.05, 4.69) is 0 Å². The van der Waals surface area contributed by atoms with Gasteiger partial charge < -0.3 is 19.1 Å². The summed E-state index contributed by atoms with van der Waals surface area (Å²) in [5.41, 5.74) is 0.881. The molecule has 1 atom stereocenters. The summed E-state index contributed by atoms with van der Waals surface area (Å²) in [7, 11) is 3.05. The Morgan fingerprint density at radius 2 is 1.61 bits per heavy atom. The van der Waals surface area contributed by atoms with Crippen LogP contribution in [-0.4, -0.2) is 55.5 Å². The first-order valence-corrected chi connectivity index (χ1v) is 12.6. The number of benzene rings is 2. The van der Waals surface area contributed by atoms with E-state index in [1.165, 1.54) is 19.1 Å². The molecule has 8 heteroatoms. The number of anilines is 1. The van der Waals surface area contributed by atoms with E-state index in [1.807, 2.05) is 6.92 Å². The van der Waals surface area contributed by atoms with E-state index in [0.717, 1.165) is 38.5 Å². The lowest BCUT2D eigenvalue weighted by Crippen LogP contribution is -2.50. The van der Waals surface area contributed by atoms with Crippen LogP contribution >= 0.6 is 0 Å². The third-order valence-electron chi connectivity index (χ3n) is 6.95. The van der Waals surface area contributed by atoms with Crippen molar-refractivity contribution in [1.29, 1.82) is 0 Å². The molecule has 1 aliphatic carbocycles. The van der Waals surface area contributed by atoms with Gasteiger partial charge in [0.05, 0.1) is 32.9 Å². The van der Waals surface area contributed by atoms with E-state index >= 15 is 0 Å². The van der Waals surface area contributed by atoms with E-state index in [4.69, 9.17) is 14.2 Å². The molecule has 2 fully saturated rings. The van der Waals surface area contributed by atoms with Crippen molar-refractivity contribution in [3.63, 3.8) is 0 Å². The van der Waals surface area contributed by atoms with E-state index < -0.39 is 6.04 Å². The van der Waals surface area contributed by atoms with Crippen molar-refractivity contribution in [2.24, 2.45) is 0 Å². The van der Waals surface area contributed by atoms with Crippen molar-refractivity contribution in [3.05, 3.63) is 48.0 Å². The van der Waals surface area contributed by atoms with Gasteiger partial charge >= 0.3 is 0 Å². The van der Waals surface area contributed by atoms with Gasteiger partial charge in [-0.15, -0.1) is 0 Å². The molecule has 0 spiro atoms. The lowest BCUT2D eigenvalue weighted by Gasteiger charge is -2.35. The molecule has 2 aliphatic rings. The summed E-state index contributed by atoms with van der Waals surface area (Å²) in [5.74, 6) is 0.663. The lowest BCUT2D eigenvalue weighted by atomic mass is 10.0. The molecule has 0 aromatic heterocycles. The summed E-state index contributed by atoms with van der Waals surface area (Å²) >= 11 is 0. The first-order valence-electron chi connectivity index (χ1n) is 12.6. The predicted molar refractivity (Wildman–Crippen MR) is 136 cm³/mol. The van der Waals surface area contributed by atoms with Gasteiger partial charge in [-0.1, -0.05) is 25.7 Å². The van der Waals surface area contributed by atoms with Gasteiger partial charge in [0.1, 0.15) is 11.8 Å². The molecule has 1 unspecified atom stereocenters. The van der Waals surface area contributed by atoms with Crippen molar-refractivity contribution in [3.8, 4) is 17.2 Å². The summed E-state index contributed by atoms with van der Waals surface area (Å²) in [4.78, 5) is 43.6. The maximum absolute atomic E-state index is 14.0. The molecule has 0 bridgehead atoms. The molecule has 1 heterocycles. The van der Waals surface area contributed by atoms with Gasteiger partial charge in [0.15, 0.2) is 11.5 Å². The summed E-state index contributed by atoms with van der Waals surface area (Å²) in [6.07, 6.45) is 5.74. The number of rotatable bonds is 8. The molecule has 1 saturated carbocycles. The van der Waals surface area contributed by atoms with E-state index in [-0.39, 0.29) is 30.2 Å². The third-order valence-corrected chi connectivity index (χ3v) is 6.95. The fraction of sp³-hybridized carbons (Fsp3) is 0.464. The zero-order chi connectivity index (χ0) is 25.7.